The summed E-state index contributed by atoms with van der Waals surface area (Å²) in [6, 6.07) is -0.422. The Morgan fingerprint density at radius 3 is 2.91 bits per heavy atom. The molecule has 1 aliphatic heterocycles. The van der Waals surface area contributed by atoms with Crippen LogP contribution in [0.15, 0.2) is 0 Å². The molecule has 0 spiro atoms. The van der Waals surface area contributed by atoms with Crippen LogP contribution in [0, 0.1) is 5.41 Å². The van der Waals surface area contributed by atoms with Gasteiger partial charge in [-0.2, -0.15) is 0 Å². The number of hydrogen-bond acceptors (Lipinski definition) is 3. The molecule has 4 nitrogen and oxygen atoms in total. The number of piperidine rings is 1. The van der Waals surface area contributed by atoms with Gasteiger partial charge < -0.3 is 10.5 Å². The number of nitrogens with one attached hydrogen (secondary N) is 1. The second kappa shape index (κ2) is 3.28. The van der Waals surface area contributed by atoms with Gasteiger partial charge in [-0.1, -0.05) is 9.39 Å². The van der Waals surface area contributed by atoms with E-state index in [1.54, 1.807) is 4.67 Å². The third-order valence-electron chi connectivity index (χ3n) is 1.78. The lowest BCUT2D eigenvalue weighted by Gasteiger charge is -2.28. The largest absolute Gasteiger partial charge is 0.480 e. The molecule has 1 aliphatic rings. The highest BCUT2D eigenvalue weighted by atomic mass is 31.0. The Bertz CT molecular complexity index is 195. The second-order valence-corrected chi connectivity index (χ2v) is 3.33. The van der Waals surface area contributed by atoms with E-state index >= 15 is 0 Å². The fraction of sp³-hybridized carbons (Fsp3) is 0.667. The Morgan fingerprint density at radius 2 is 2.45 bits per heavy atom. The maximum atomic E-state index is 10.5. The predicted octanol–water partition coefficient (Wildman–Crippen LogP) is 0.345. The van der Waals surface area contributed by atoms with Crippen LogP contribution in [0.25, 0.3) is 0 Å². The summed E-state index contributed by atoms with van der Waals surface area (Å²) in [7, 11) is 2.35. The van der Waals surface area contributed by atoms with Gasteiger partial charge in [-0.3, -0.25) is 9.46 Å². The van der Waals surface area contributed by atoms with Crippen molar-refractivity contribution in [3.05, 3.63) is 0 Å². The maximum Gasteiger partial charge on any atom is 0.321 e. The molecular formula is C6H11N2O2P. The van der Waals surface area contributed by atoms with Gasteiger partial charge in [0.2, 0.25) is 0 Å². The minimum atomic E-state index is -0.799. The zero-order chi connectivity index (χ0) is 8.43. The van der Waals surface area contributed by atoms with Crippen molar-refractivity contribution in [2.45, 2.75) is 18.9 Å². The molecule has 0 saturated carbocycles. The Kier molecular flexibility index (Phi) is 2.58. The summed E-state index contributed by atoms with van der Waals surface area (Å²) in [5.74, 6) is -0.799. The molecule has 2 N–H and O–H groups in total. The number of rotatable bonds is 1. The zero-order valence-electron chi connectivity index (χ0n) is 6.08. The quantitative estimate of drug-likeness (QED) is 0.563. The van der Waals surface area contributed by atoms with Gasteiger partial charge in [0.25, 0.3) is 0 Å². The van der Waals surface area contributed by atoms with E-state index in [1.807, 2.05) is 0 Å². The minimum Gasteiger partial charge on any atom is -0.480 e. The second-order valence-electron chi connectivity index (χ2n) is 2.67. The van der Waals surface area contributed by atoms with Gasteiger partial charge in [0.15, 0.2) is 0 Å². The van der Waals surface area contributed by atoms with Crippen LogP contribution in [0.1, 0.15) is 12.8 Å². The van der Waals surface area contributed by atoms with Crippen LogP contribution in [-0.2, 0) is 4.79 Å². The van der Waals surface area contributed by atoms with Crippen molar-refractivity contribution in [3.8, 4) is 0 Å². The van der Waals surface area contributed by atoms with E-state index in [9.17, 15) is 4.79 Å². The first-order chi connectivity index (χ1) is 5.11. The SMILES string of the molecule is N=C1CC[C@@H](C(=O)O)N(P)C1. The lowest BCUT2D eigenvalue weighted by Crippen LogP contribution is -2.41. The molecule has 0 aromatic heterocycles. The Hall–Kier alpha value is -0.470. The van der Waals surface area contributed by atoms with Gasteiger partial charge in [-0.25, -0.2) is 0 Å². The Morgan fingerprint density at radius 1 is 1.82 bits per heavy atom. The smallest absolute Gasteiger partial charge is 0.321 e. The first-order valence-corrected chi connectivity index (χ1v) is 3.93. The van der Waals surface area contributed by atoms with Crippen LogP contribution < -0.4 is 0 Å². The van der Waals surface area contributed by atoms with E-state index in [1.165, 1.54) is 0 Å². The molecule has 62 valence electrons. The highest BCUT2D eigenvalue weighted by Crippen LogP contribution is 2.18. The summed E-state index contributed by atoms with van der Waals surface area (Å²) >= 11 is 0. The predicted molar refractivity (Wildman–Crippen MR) is 44.8 cm³/mol. The normalized spacial score (nSPS) is 27.0. The van der Waals surface area contributed by atoms with Crippen LogP contribution in [0.3, 0.4) is 0 Å². The molecule has 0 aliphatic carbocycles. The highest BCUT2D eigenvalue weighted by Gasteiger charge is 2.27. The van der Waals surface area contributed by atoms with Gasteiger partial charge in [0.05, 0.1) is 0 Å². The fourth-order valence-electron chi connectivity index (χ4n) is 1.15. The van der Waals surface area contributed by atoms with Crippen molar-refractivity contribution in [2.75, 3.05) is 6.54 Å². The van der Waals surface area contributed by atoms with E-state index in [0.29, 0.717) is 25.1 Å². The average molecular weight is 174 g/mol. The topological polar surface area (TPSA) is 64.4 Å². The number of carboxylic acids is 1. The van der Waals surface area contributed by atoms with E-state index in [-0.39, 0.29) is 0 Å². The molecule has 0 aromatic rings. The number of carboxylic acid groups (broad SMARTS) is 1. The molecule has 11 heavy (non-hydrogen) atoms. The summed E-state index contributed by atoms with van der Waals surface area (Å²) in [5.41, 5.74) is 0.609. The first kappa shape index (κ1) is 8.62. The van der Waals surface area contributed by atoms with E-state index in [4.69, 9.17) is 10.5 Å². The van der Waals surface area contributed by atoms with Gasteiger partial charge in [0, 0.05) is 12.3 Å². The first-order valence-electron chi connectivity index (χ1n) is 3.41. The van der Waals surface area contributed by atoms with Crippen LogP contribution in [0.4, 0.5) is 0 Å². The third-order valence-corrected chi connectivity index (χ3v) is 2.32. The zero-order valence-corrected chi connectivity index (χ0v) is 7.23. The fourth-order valence-corrected chi connectivity index (χ4v) is 1.65. The minimum absolute atomic E-state index is 0.422. The molecular weight excluding hydrogens is 163 g/mol. The van der Waals surface area contributed by atoms with Crippen molar-refractivity contribution in [2.24, 2.45) is 0 Å². The number of carbonyl (C=O) groups is 1. The summed E-state index contributed by atoms with van der Waals surface area (Å²) < 4.78 is 1.62. The monoisotopic (exact) mass is 174 g/mol. The molecule has 0 radical (unpaired) electrons. The van der Waals surface area contributed by atoms with Crippen LogP contribution in [0.2, 0.25) is 0 Å². The summed E-state index contributed by atoms with van der Waals surface area (Å²) in [6.07, 6.45) is 1.17. The van der Waals surface area contributed by atoms with Crippen molar-refractivity contribution >= 4 is 21.1 Å². The molecule has 2 atom stereocenters. The van der Waals surface area contributed by atoms with Gasteiger partial charge in [0.1, 0.15) is 6.04 Å². The van der Waals surface area contributed by atoms with Crippen molar-refractivity contribution in [1.82, 2.24) is 4.67 Å². The lowest BCUT2D eigenvalue weighted by molar-refractivity contribution is -0.141. The standard InChI is InChI=1S/C6H11N2O2P/c7-4-1-2-5(6(9)10)8(11)3-4/h5,7H,1-3,11H2,(H,9,10)/t5-/m0/s1. The van der Waals surface area contributed by atoms with E-state index in [0.717, 1.165) is 0 Å². The number of hydrogen-bond donors (Lipinski definition) is 2. The Balaban J connectivity index is 2.57. The molecule has 1 heterocycles. The van der Waals surface area contributed by atoms with Crippen LogP contribution >= 0.6 is 9.39 Å². The number of aliphatic carboxylic acids is 1. The molecule has 1 fully saturated rings. The highest BCUT2D eigenvalue weighted by molar-refractivity contribution is 7.13. The molecule has 5 heteroatoms. The molecule has 0 bridgehead atoms. The van der Waals surface area contributed by atoms with Gasteiger partial charge >= 0.3 is 5.97 Å². The van der Waals surface area contributed by atoms with Crippen LogP contribution in [-0.4, -0.2) is 34.0 Å². The van der Waals surface area contributed by atoms with Gasteiger partial charge in [-0.05, 0) is 12.8 Å². The average Bonchev–Trinajstić information content (AvgIpc) is 1.85. The van der Waals surface area contributed by atoms with Crippen molar-refractivity contribution in [3.63, 3.8) is 0 Å². The molecule has 0 amide bonds. The van der Waals surface area contributed by atoms with Gasteiger partial charge in [-0.15, -0.1) is 0 Å². The summed E-state index contributed by atoms with van der Waals surface area (Å²) in [6.45, 7) is 0.460. The number of nitrogens with zero attached hydrogens (tertiary/aromatic N) is 1. The van der Waals surface area contributed by atoms with Crippen molar-refractivity contribution in [1.29, 1.82) is 5.41 Å². The van der Waals surface area contributed by atoms with E-state index < -0.39 is 12.0 Å². The molecule has 1 rings (SSSR count). The summed E-state index contributed by atoms with van der Waals surface area (Å²) in [4.78, 5) is 10.5. The molecule has 0 aromatic carbocycles. The van der Waals surface area contributed by atoms with Crippen LogP contribution in [0.5, 0.6) is 0 Å². The third kappa shape index (κ3) is 1.98. The van der Waals surface area contributed by atoms with E-state index in [2.05, 4.69) is 9.39 Å². The molecule has 1 unspecified atom stereocenters. The maximum absolute atomic E-state index is 10.5. The Labute approximate surface area is 67.3 Å². The summed E-state index contributed by atoms with van der Waals surface area (Å²) in [5, 5.41) is 16.0. The lowest BCUT2D eigenvalue weighted by atomic mass is 10.0. The molecule has 1 saturated heterocycles. The van der Waals surface area contributed by atoms with Crippen molar-refractivity contribution < 1.29 is 9.90 Å².